The van der Waals surface area contributed by atoms with Crippen LogP contribution in [0, 0.1) is 0 Å². The van der Waals surface area contributed by atoms with Gasteiger partial charge in [-0.25, -0.2) is 0 Å². The summed E-state index contributed by atoms with van der Waals surface area (Å²) in [5.74, 6) is 0. The lowest BCUT2D eigenvalue weighted by Crippen LogP contribution is -2.46. The highest BCUT2D eigenvalue weighted by Gasteiger charge is 2.19. The van der Waals surface area contributed by atoms with Gasteiger partial charge in [-0.05, 0) is 67.1 Å². The molecule has 0 bridgehead atoms. The minimum Gasteiger partial charge on any atom is -0.368 e. The van der Waals surface area contributed by atoms with Gasteiger partial charge in [0.2, 0.25) is 5.56 Å². The number of benzene rings is 2. The van der Waals surface area contributed by atoms with Gasteiger partial charge < -0.3 is 9.88 Å². The van der Waals surface area contributed by atoms with Crippen LogP contribution < -0.4 is 10.5 Å². The molecule has 1 saturated heterocycles. The summed E-state index contributed by atoms with van der Waals surface area (Å²) in [7, 11) is 0. The molecule has 3 heterocycles. The lowest BCUT2D eigenvalue weighted by molar-refractivity contribution is 0.252. The molecule has 1 aliphatic heterocycles. The Morgan fingerprint density at radius 2 is 1.78 bits per heavy atom. The van der Waals surface area contributed by atoms with Gasteiger partial charge in [0.05, 0.1) is 4.34 Å². The number of aryl methyl sites for hydroxylation is 1. The van der Waals surface area contributed by atoms with Crippen molar-refractivity contribution >= 4 is 49.6 Å². The molecule has 0 spiro atoms. The second-order valence-electron chi connectivity index (χ2n) is 8.62. The Morgan fingerprint density at radius 3 is 2.66 bits per heavy atom. The number of pyridine rings is 1. The normalized spacial score (nSPS) is 15.1. The number of nitrogens with one attached hydrogen (secondary N) is 1. The van der Waals surface area contributed by atoms with Crippen LogP contribution in [0.5, 0.6) is 0 Å². The summed E-state index contributed by atoms with van der Waals surface area (Å²) >= 11 is 7.91. The second-order valence-corrected chi connectivity index (χ2v) is 10.3. The summed E-state index contributed by atoms with van der Waals surface area (Å²) in [6.45, 7) is 5.55. The second kappa shape index (κ2) is 9.65. The summed E-state index contributed by atoms with van der Waals surface area (Å²) in [6, 6.07) is 18.5. The number of piperazine rings is 1. The molecule has 1 aliphatic rings. The molecule has 1 fully saturated rings. The summed E-state index contributed by atoms with van der Waals surface area (Å²) in [5.41, 5.74) is 3.52. The molecule has 5 rings (SSSR count). The number of fused-ring (bicyclic) bond motifs is 2. The van der Waals surface area contributed by atoms with E-state index in [9.17, 15) is 4.79 Å². The Morgan fingerprint density at radius 1 is 0.938 bits per heavy atom. The third-order valence-corrected chi connectivity index (χ3v) is 7.68. The van der Waals surface area contributed by atoms with Crippen LogP contribution in [0.2, 0.25) is 4.34 Å². The highest BCUT2D eigenvalue weighted by atomic mass is 35.5. The zero-order chi connectivity index (χ0) is 21.9. The SMILES string of the molecule is O=c1ccc2ccc(CCCCCN3CCN(c4cccc5sc(Cl)cc45)CC3)cc2[nH]1. The van der Waals surface area contributed by atoms with E-state index in [4.69, 9.17) is 11.6 Å². The maximum absolute atomic E-state index is 11.5. The molecule has 0 aliphatic carbocycles. The molecule has 0 atom stereocenters. The molecular formula is C26H28ClN3OS. The predicted molar refractivity (Wildman–Crippen MR) is 138 cm³/mol. The fourth-order valence-electron chi connectivity index (χ4n) is 4.70. The van der Waals surface area contributed by atoms with Crippen molar-refractivity contribution in [1.29, 1.82) is 0 Å². The standard InChI is InChI=1S/C26H28ClN3OS/c27-25-18-21-23(6-4-7-24(21)32-25)30-15-13-29(14-16-30)12-3-1-2-5-19-8-9-20-10-11-26(31)28-22(20)17-19/h4,6-11,17-18H,1-3,5,12-16H2,(H,28,31). The highest BCUT2D eigenvalue weighted by molar-refractivity contribution is 7.22. The van der Waals surface area contributed by atoms with Gasteiger partial charge in [-0.15, -0.1) is 11.3 Å². The van der Waals surface area contributed by atoms with E-state index in [1.807, 2.05) is 6.07 Å². The topological polar surface area (TPSA) is 39.3 Å². The van der Waals surface area contributed by atoms with Crippen LogP contribution in [-0.4, -0.2) is 42.6 Å². The summed E-state index contributed by atoms with van der Waals surface area (Å²) < 4.78 is 2.13. The summed E-state index contributed by atoms with van der Waals surface area (Å²) in [5, 5.41) is 2.37. The van der Waals surface area contributed by atoms with E-state index in [0.29, 0.717) is 0 Å². The molecule has 0 radical (unpaired) electrons. The van der Waals surface area contributed by atoms with Gasteiger partial charge in [-0.3, -0.25) is 9.69 Å². The van der Waals surface area contributed by atoms with E-state index in [-0.39, 0.29) is 5.56 Å². The van der Waals surface area contributed by atoms with E-state index in [1.54, 1.807) is 17.4 Å². The van der Waals surface area contributed by atoms with Gasteiger partial charge in [0, 0.05) is 53.5 Å². The first-order valence-corrected chi connectivity index (χ1v) is 12.6. The number of H-pyrrole nitrogens is 1. The van der Waals surface area contributed by atoms with Crippen LogP contribution >= 0.6 is 22.9 Å². The van der Waals surface area contributed by atoms with Crippen molar-refractivity contribution in [3.8, 4) is 0 Å². The minimum absolute atomic E-state index is 0.0365. The zero-order valence-electron chi connectivity index (χ0n) is 18.1. The van der Waals surface area contributed by atoms with Crippen LogP contribution in [0.3, 0.4) is 0 Å². The molecule has 4 nitrogen and oxygen atoms in total. The predicted octanol–water partition coefficient (Wildman–Crippen LogP) is 5.93. The fraction of sp³-hybridized carbons (Fsp3) is 0.346. The molecule has 166 valence electrons. The number of thiophene rings is 1. The number of anilines is 1. The van der Waals surface area contributed by atoms with Gasteiger partial charge >= 0.3 is 0 Å². The van der Waals surface area contributed by atoms with Crippen molar-refractivity contribution in [2.45, 2.75) is 25.7 Å². The van der Waals surface area contributed by atoms with E-state index in [2.05, 4.69) is 57.2 Å². The Labute approximate surface area is 197 Å². The smallest absolute Gasteiger partial charge is 0.248 e. The molecule has 0 unspecified atom stereocenters. The molecular weight excluding hydrogens is 438 g/mol. The van der Waals surface area contributed by atoms with Crippen LogP contribution in [-0.2, 0) is 6.42 Å². The number of nitrogens with zero attached hydrogens (tertiary/aromatic N) is 2. The maximum Gasteiger partial charge on any atom is 0.248 e. The lowest BCUT2D eigenvalue weighted by atomic mass is 10.0. The van der Waals surface area contributed by atoms with Crippen LogP contribution in [0.1, 0.15) is 24.8 Å². The molecule has 0 saturated carbocycles. The first kappa shape index (κ1) is 21.5. The van der Waals surface area contributed by atoms with Crippen LogP contribution in [0.15, 0.2) is 59.4 Å². The maximum atomic E-state index is 11.5. The van der Waals surface area contributed by atoms with Gasteiger partial charge in [0.15, 0.2) is 0 Å². The average molecular weight is 466 g/mol. The Balaban J connectivity index is 1.06. The number of aromatic amines is 1. The van der Waals surface area contributed by atoms with E-state index >= 15 is 0 Å². The molecule has 6 heteroatoms. The number of hydrogen-bond donors (Lipinski definition) is 1. The molecule has 2 aromatic carbocycles. The molecule has 32 heavy (non-hydrogen) atoms. The Bertz CT molecular complexity index is 1270. The molecule has 2 aromatic heterocycles. The molecule has 1 N–H and O–H groups in total. The van der Waals surface area contributed by atoms with E-state index < -0.39 is 0 Å². The minimum atomic E-state index is -0.0365. The first-order chi connectivity index (χ1) is 15.7. The van der Waals surface area contributed by atoms with Crippen molar-refractivity contribution in [3.05, 3.63) is 74.9 Å². The van der Waals surface area contributed by atoms with Crippen molar-refractivity contribution < 1.29 is 0 Å². The van der Waals surface area contributed by atoms with Crippen molar-refractivity contribution in [1.82, 2.24) is 9.88 Å². The zero-order valence-corrected chi connectivity index (χ0v) is 19.7. The van der Waals surface area contributed by atoms with Crippen LogP contribution in [0.4, 0.5) is 5.69 Å². The average Bonchev–Trinajstić information content (AvgIpc) is 3.19. The van der Waals surface area contributed by atoms with Crippen LogP contribution in [0.25, 0.3) is 21.0 Å². The van der Waals surface area contributed by atoms with Crippen molar-refractivity contribution in [3.63, 3.8) is 0 Å². The summed E-state index contributed by atoms with van der Waals surface area (Å²) in [4.78, 5) is 19.6. The number of halogens is 1. The van der Waals surface area contributed by atoms with Gasteiger partial charge in [-0.2, -0.15) is 0 Å². The Hall–Kier alpha value is -2.34. The molecule has 4 aromatic rings. The van der Waals surface area contributed by atoms with Gasteiger partial charge in [0.1, 0.15) is 0 Å². The number of unbranched alkanes of at least 4 members (excludes halogenated alkanes) is 2. The van der Waals surface area contributed by atoms with Gasteiger partial charge in [0.25, 0.3) is 0 Å². The fourth-order valence-corrected chi connectivity index (χ4v) is 5.86. The van der Waals surface area contributed by atoms with Crippen molar-refractivity contribution in [2.75, 3.05) is 37.6 Å². The number of aromatic nitrogens is 1. The quantitative estimate of drug-likeness (QED) is 0.344. The first-order valence-electron chi connectivity index (χ1n) is 11.4. The number of hydrogen-bond acceptors (Lipinski definition) is 4. The van der Waals surface area contributed by atoms with Crippen molar-refractivity contribution in [2.24, 2.45) is 0 Å². The third kappa shape index (κ3) is 4.85. The van der Waals surface area contributed by atoms with E-state index in [1.165, 1.54) is 47.1 Å². The number of rotatable bonds is 7. The largest absolute Gasteiger partial charge is 0.368 e. The highest BCUT2D eigenvalue weighted by Crippen LogP contribution is 2.36. The Kier molecular flexibility index (Phi) is 6.49. The van der Waals surface area contributed by atoms with Gasteiger partial charge in [-0.1, -0.05) is 36.2 Å². The third-order valence-electron chi connectivity index (χ3n) is 6.45. The summed E-state index contributed by atoms with van der Waals surface area (Å²) in [6.07, 6.45) is 4.72. The monoisotopic (exact) mass is 465 g/mol. The molecule has 0 amide bonds. The lowest BCUT2D eigenvalue weighted by Gasteiger charge is -2.36. The van der Waals surface area contributed by atoms with E-state index in [0.717, 1.165) is 47.8 Å².